The van der Waals surface area contributed by atoms with Crippen molar-refractivity contribution in [3.63, 3.8) is 0 Å². The molecular formula is C9H17NO3S. The predicted octanol–water partition coefficient (Wildman–Crippen LogP) is 1.47. The number of carbonyl (C=O) groups is 1. The van der Waals surface area contributed by atoms with Crippen molar-refractivity contribution in [1.82, 2.24) is 0 Å². The van der Waals surface area contributed by atoms with Crippen LogP contribution in [0.1, 0.15) is 33.6 Å². The maximum Gasteiger partial charge on any atom is 0.305 e. The molecule has 4 nitrogen and oxygen atoms in total. The van der Waals surface area contributed by atoms with Gasteiger partial charge in [-0.05, 0) is 27.2 Å². The Morgan fingerprint density at radius 1 is 1.57 bits per heavy atom. The fourth-order valence-corrected chi connectivity index (χ4v) is 1.12. The van der Waals surface area contributed by atoms with Gasteiger partial charge in [-0.3, -0.25) is 4.79 Å². The van der Waals surface area contributed by atoms with Crippen molar-refractivity contribution in [2.24, 2.45) is 4.40 Å². The van der Waals surface area contributed by atoms with Crippen molar-refractivity contribution >= 4 is 23.5 Å². The second-order valence-electron chi connectivity index (χ2n) is 3.76. The third-order valence-corrected chi connectivity index (χ3v) is 2.79. The van der Waals surface area contributed by atoms with E-state index in [2.05, 4.69) is 9.13 Å². The van der Waals surface area contributed by atoms with Crippen LogP contribution in [-0.2, 0) is 20.9 Å². The predicted molar refractivity (Wildman–Crippen MR) is 57.6 cm³/mol. The summed E-state index contributed by atoms with van der Waals surface area (Å²) in [5, 5.41) is 0. The molecule has 0 radical (unpaired) electrons. The minimum absolute atomic E-state index is 0.279. The Hall–Kier alpha value is -0.550. The Bertz CT molecular complexity index is 211. The van der Waals surface area contributed by atoms with Gasteiger partial charge in [0.2, 0.25) is 0 Å². The first-order chi connectivity index (χ1) is 6.38. The van der Waals surface area contributed by atoms with E-state index in [9.17, 15) is 9.35 Å². The minimum Gasteiger partial charge on any atom is -0.591 e. The molecule has 0 heterocycles. The van der Waals surface area contributed by atoms with Crippen LogP contribution in [0, 0.1) is 0 Å². The Balaban J connectivity index is 3.79. The van der Waals surface area contributed by atoms with Crippen molar-refractivity contribution in [1.29, 1.82) is 0 Å². The first-order valence-corrected chi connectivity index (χ1v) is 5.50. The number of hydrogen-bond donors (Lipinski definition) is 0. The fraction of sp³-hybridized carbons (Fsp3) is 0.778. The van der Waals surface area contributed by atoms with Crippen molar-refractivity contribution < 1.29 is 14.1 Å². The molecule has 5 heteroatoms. The molecule has 0 aromatic heterocycles. The van der Waals surface area contributed by atoms with Crippen LogP contribution >= 0.6 is 0 Å². The molecule has 0 bridgehead atoms. The Morgan fingerprint density at radius 3 is 2.57 bits per heavy atom. The lowest BCUT2D eigenvalue weighted by Gasteiger charge is -2.17. The first-order valence-electron chi connectivity index (χ1n) is 4.39. The summed E-state index contributed by atoms with van der Waals surface area (Å²) < 4.78 is 19.3. The highest BCUT2D eigenvalue weighted by Crippen LogP contribution is 2.16. The average Bonchev–Trinajstić information content (AvgIpc) is 2.09. The van der Waals surface area contributed by atoms with E-state index in [4.69, 9.17) is 0 Å². The lowest BCUT2D eigenvalue weighted by Crippen LogP contribution is -2.25. The lowest BCUT2D eigenvalue weighted by atomic mass is 10.3. The Kier molecular flexibility index (Phi) is 5.79. The minimum atomic E-state index is -1.24. The van der Waals surface area contributed by atoms with Gasteiger partial charge in [0.15, 0.2) is 0 Å². The molecule has 0 aromatic rings. The Morgan fingerprint density at radius 2 is 2.14 bits per heavy atom. The van der Waals surface area contributed by atoms with Crippen LogP contribution in [-0.4, -0.2) is 28.6 Å². The van der Waals surface area contributed by atoms with Crippen LogP contribution in [0.15, 0.2) is 4.40 Å². The van der Waals surface area contributed by atoms with E-state index in [1.807, 2.05) is 20.8 Å². The van der Waals surface area contributed by atoms with Crippen LogP contribution in [0.3, 0.4) is 0 Å². The van der Waals surface area contributed by atoms with Gasteiger partial charge in [-0.15, -0.1) is 0 Å². The molecular weight excluding hydrogens is 202 g/mol. The third kappa shape index (κ3) is 5.99. The summed E-state index contributed by atoms with van der Waals surface area (Å²) in [6.07, 6.45) is 2.26. The van der Waals surface area contributed by atoms with Gasteiger partial charge in [0, 0.05) is 0 Å². The van der Waals surface area contributed by atoms with E-state index in [0.29, 0.717) is 6.42 Å². The maximum atomic E-state index is 11.4. The zero-order valence-electron chi connectivity index (χ0n) is 9.07. The van der Waals surface area contributed by atoms with Crippen LogP contribution in [0.25, 0.3) is 0 Å². The molecule has 1 atom stereocenters. The van der Waals surface area contributed by atoms with Crippen molar-refractivity contribution in [3.05, 3.63) is 0 Å². The second kappa shape index (κ2) is 6.03. The largest absolute Gasteiger partial charge is 0.591 e. The number of nitrogens with zero attached hydrogens (tertiary/aromatic N) is 1. The standard InChI is InChI=1S/C9H17NO3S/c1-9(2,3)14(12)10-7-5-6-8(11)13-4/h7H,5-6H2,1-4H3. The molecule has 0 aliphatic heterocycles. The summed E-state index contributed by atoms with van der Waals surface area (Å²) in [5.41, 5.74) is 0. The van der Waals surface area contributed by atoms with Gasteiger partial charge in [0.05, 0.1) is 19.7 Å². The van der Waals surface area contributed by atoms with Crippen LogP contribution in [0.5, 0.6) is 0 Å². The number of ether oxygens (including phenoxy) is 1. The monoisotopic (exact) mass is 219 g/mol. The van der Waals surface area contributed by atoms with Gasteiger partial charge >= 0.3 is 5.97 Å². The molecule has 0 aliphatic rings. The van der Waals surface area contributed by atoms with Gasteiger partial charge in [0.25, 0.3) is 0 Å². The third-order valence-electron chi connectivity index (χ3n) is 1.40. The maximum absolute atomic E-state index is 11.4. The molecule has 0 amide bonds. The van der Waals surface area contributed by atoms with Crippen LogP contribution in [0.4, 0.5) is 0 Å². The van der Waals surface area contributed by atoms with Gasteiger partial charge in [-0.25, -0.2) is 0 Å². The topological polar surface area (TPSA) is 61.7 Å². The van der Waals surface area contributed by atoms with E-state index in [1.54, 1.807) is 0 Å². The number of rotatable bonds is 4. The van der Waals surface area contributed by atoms with Crippen molar-refractivity contribution in [2.75, 3.05) is 7.11 Å². The summed E-state index contributed by atoms with van der Waals surface area (Å²) in [7, 11) is 1.34. The summed E-state index contributed by atoms with van der Waals surface area (Å²) in [5.74, 6) is -0.280. The zero-order chi connectivity index (χ0) is 11.2. The van der Waals surface area contributed by atoms with Crippen LogP contribution < -0.4 is 0 Å². The van der Waals surface area contributed by atoms with E-state index in [1.165, 1.54) is 13.3 Å². The molecule has 0 aromatic carbocycles. The number of methoxy groups -OCH3 is 1. The highest BCUT2D eigenvalue weighted by Gasteiger charge is 2.25. The molecule has 0 spiro atoms. The van der Waals surface area contributed by atoms with E-state index >= 15 is 0 Å². The molecule has 0 N–H and O–H groups in total. The summed E-state index contributed by atoms with van der Waals surface area (Å²) >= 11 is -1.24. The summed E-state index contributed by atoms with van der Waals surface area (Å²) in [6.45, 7) is 5.54. The lowest BCUT2D eigenvalue weighted by molar-refractivity contribution is -0.140. The van der Waals surface area contributed by atoms with E-state index < -0.39 is 11.4 Å². The summed E-state index contributed by atoms with van der Waals surface area (Å²) in [4.78, 5) is 10.7. The molecule has 82 valence electrons. The SMILES string of the molecule is COC(=O)CCC=N[S+]([O-])C(C)(C)C. The molecule has 14 heavy (non-hydrogen) atoms. The fourth-order valence-electron chi connectivity index (χ4n) is 0.563. The quantitative estimate of drug-likeness (QED) is 0.408. The number of esters is 1. The summed E-state index contributed by atoms with van der Waals surface area (Å²) in [6, 6.07) is 0. The smallest absolute Gasteiger partial charge is 0.305 e. The zero-order valence-corrected chi connectivity index (χ0v) is 9.89. The number of carbonyl (C=O) groups excluding carboxylic acids is 1. The van der Waals surface area contributed by atoms with Crippen LogP contribution in [0.2, 0.25) is 0 Å². The Labute approximate surface area is 88.1 Å². The molecule has 0 saturated carbocycles. The molecule has 0 saturated heterocycles. The molecule has 0 aliphatic carbocycles. The highest BCUT2D eigenvalue weighted by molar-refractivity contribution is 7.91. The number of hydrogen-bond acceptors (Lipinski definition) is 4. The van der Waals surface area contributed by atoms with Gasteiger partial charge < -0.3 is 9.29 Å². The second-order valence-corrected chi connectivity index (χ2v) is 5.70. The van der Waals surface area contributed by atoms with Gasteiger partial charge in [-0.1, -0.05) is 4.40 Å². The van der Waals surface area contributed by atoms with Crippen molar-refractivity contribution in [2.45, 2.75) is 38.4 Å². The van der Waals surface area contributed by atoms with E-state index in [0.717, 1.165) is 0 Å². The van der Waals surface area contributed by atoms with Gasteiger partial charge in [0.1, 0.15) is 16.1 Å². The average molecular weight is 219 g/mol. The molecule has 1 unspecified atom stereocenters. The molecule has 0 fully saturated rings. The highest BCUT2D eigenvalue weighted by atomic mass is 32.2. The van der Waals surface area contributed by atoms with Crippen molar-refractivity contribution in [3.8, 4) is 0 Å². The first kappa shape index (κ1) is 13.4. The normalized spacial score (nSPS) is 14.4. The molecule has 0 rings (SSSR count). The van der Waals surface area contributed by atoms with Gasteiger partial charge in [-0.2, -0.15) is 0 Å². The van der Waals surface area contributed by atoms with E-state index in [-0.39, 0.29) is 17.1 Å².